The van der Waals surface area contributed by atoms with E-state index in [1.165, 1.54) is 5.56 Å². The first-order valence-corrected chi connectivity index (χ1v) is 20.8. The van der Waals surface area contributed by atoms with Gasteiger partial charge in [-0.15, -0.1) is 5.10 Å². The van der Waals surface area contributed by atoms with Crippen LogP contribution < -0.4 is 15.0 Å². The lowest BCUT2D eigenvalue weighted by atomic mass is 9.86. The van der Waals surface area contributed by atoms with Gasteiger partial charge in [0.25, 0.3) is 5.91 Å². The standard InChI is InChI=1S/C44H53N9O6/c1-49-20-17-40(48-49)59-44(18-25-52(26-19-44)34-27-37(47-45-28-34)36-5-3-4-6-38(36)54)43(58)50(2)33-15-23-53(24-16-33)41(56)29-51-21-13-31(14-22-51)30-7-9-32(10-8-30)35-11-12-39(55)46-42(35)57/h3-10,17,20,27-28,31,33,35,54H,11-16,18-19,21-26,29H2,1-2H3,(H,46,55,57)/t35-/m1/s1. The molecule has 6 heterocycles. The van der Waals surface area contributed by atoms with Crippen LogP contribution in [0.3, 0.4) is 0 Å². The number of aromatic nitrogens is 4. The number of anilines is 1. The highest BCUT2D eigenvalue weighted by Gasteiger charge is 2.47. The molecule has 0 spiro atoms. The number of hydrogen-bond donors (Lipinski definition) is 2. The van der Waals surface area contributed by atoms with Crippen LogP contribution in [0.1, 0.15) is 74.3 Å². The number of nitrogens with one attached hydrogen (secondary N) is 1. The minimum Gasteiger partial charge on any atom is -0.507 e. The Balaban J connectivity index is 0.835. The molecule has 59 heavy (non-hydrogen) atoms. The number of aromatic hydroxyl groups is 1. The molecule has 8 rings (SSSR count). The van der Waals surface area contributed by atoms with Gasteiger partial charge in [-0.05, 0) is 80.4 Å². The molecule has 4 fully saturated rings. The number of piperidine rings is 4. The predicted molar refractivity (Wildman–Crippen MR) is 220 cm³/mol. The second kappa shape index (κ2) is 17.2. The number of benzene rings is 2. The molecule has 310 valence electrons. The summed E-state index contributed by atoms with van der Waals surface area (Å²) < 4.78 is 8.20. The second-order valence-corrected chi connectivity index (χ2v) is 16.5. The first-order chi connectivity index (χ1) is 28.5. The van der Waals surface area contributed by atoms with E-state index in [1.807, 2.05) is 48.2 Å². The van der Waals surface area contributed by atoms with Crippen molar-refractivity contribution in [1.29, 1.82) is 0 Å². The number of likely N-dealkylation sites (N-methyl/N-ethyl adjacent to an activating group) is 1. The highest BCUT2D eigenvalue weighted by atomic mass is 16.5. The number of phenols is 1. The molecule has 2 N–H and O–H groups in total. The Morgan fingerprint density at radius 1 is 0.915 bits per heavy atom. The fourth-order valence-electron chi connectivity index (χ4n) is 9.20. The minimum atomic E-state index is -1.12. The van der Waals surface area contributed by atoms with Gasteiger partial charge in [0.15, 0.2) is 5.60 Å². The van der Waals surface area contributed by atoms with Crippen molar-refractivity contribution in [1.82, 2.24) is 40.0 Å². The second-order valence-electron chi connectivity index (χ2n) is 16.5. The van der Waals surface area contributed by atoms with E-state index in [0.29, 0.717) is 94.3 Å². The SMILES string of the molecule is CN(C(=O)C1(Oc2ccn(C)n2)CCN(c2cnnc(-c3ccccc3O)c2)CC1)C1CCN(C(=O)CN2CCC(c3ccc([C@H]4CCC(=O)NC4=O)cc3)CC2)CC1. The first kappa shape index (κ1) is 40.0. The number of para-hydroxylation sites is 1. The van der Waals surface area contributed by atoms with Crippen LogP contribution in [-0.4, -0.2) is 128 Å². The number of nitrogens with zero attached hydrogens (tertiary/aromatic N) is 8. The van der Waals surface area contributed by atoms with E-state index in [0.717, 1.165) is 37.2 Å². The van der Waals surface area contributed by atoms with Crippen LogP contribution in [0, 0.1) is 0 Å². The molecule has 0 aliphatic carbocycles. The van der Waals surface area contributed by atoms with Gasteiger partial charge in [0, 0.05) is 83.4 Å². The average Bonchev–Trinajstić information content (AvgIpc) is 3.67. The Kier molecular flexibility index (Phi) is 11.6. The van der Waals surface area contributed by atoms with Crippen molar-refractivity contribution in [2.45, 2.75) is 74.8 Å². The zero-order chi connectivity index (χ0) is 41.1. The van der Waals surface area contributed by atoms with Crippen LogP contribution in [0.2, 0.25) is 0 Å². The number of carbonyl (C=O) groups is 4. The number of phenolic OH excluding ortho intramolecular Hbond substituents is 1. The van der Waals surface area contributed by atoms with Crippen molar-refractivity contribution in [3.8, 4) is 22.9 Å². The molecule has 4 aromatic rings. The van der Waals surface area contributed by atoms with Crippen molar-refractivity contribution in [2.24, 2.45) is 7.05 Å². The van der Waals surface area contributed by atoms with E-state index in [2.05, 4.69) is 42.5 Å². The highest BCUT2D eigenvalue weighted by Crippen LogP contribution is 2.36. The van der Waals surface area contributed by atoms with E-state index in [4.69, 9.17) is 4.74 Å². The van der Waals surface area contributed by atoms with Gasteiger partial charge in [0.05, 0.1) is 30.0 Å². The zero-order valence-electron chi connectivity index (χ0n) is 33.8. The van der Waals surface area contributed by atoms with Crippen LogP contribution >= 0.6 is 0 Å². The molecule has 0 radical (unpaired) electrons. The molecule has 2 aromatic carbocycles. The average molecular weight is 804 g/mol. The summed E-state index contributed by atoms with van der Waals surface area (Å²) in [5.41, 5.74) is 3.10. The minimum absolute atomic E-state index is 0.0311. The number of carbonyl (C=O) groups excluding carboxylic acids is 4. The summed E-state index contributed by atoms with van der Waals surface area (Å²) in [6, 6.07) is 19.0. The van der Waals surface area contributed by atoms with E-state index in [-0.39, 0.29) is 41.3 Å². The van der Waals surface area contributed by atoms with E-state index in [9.17, 15) is 24.3 Å². The molecule has 4 aliphatic rings. The van der Waals surface area contributed by atoms with Gasteiger partial charge in [-0.1, -0.05) is 36.4 Å². The van der Waals surface area contributed by atoms with Crippen LogP contribution in [0.15, 0.2) is 73.1 Å². The summed E-state index contributed by atoms with van der Waals surface area (Å²) in [5.74, 6) is 0.284. The van der Waals surface area contributed by atoms with Gasteiger partial charge in [-0.2, -0.15) is 10.2 Å². The summed E-state index contributed by atoms with van der Waals surface area (Å²) in [6.07, 6.45) is 8.57. The van der Waals surface area contributed by atoms with Crippen LogP contribution in [0.4, 0.5) is 5.69 Å². The molecule has 15 heteroatoms. The van der Waals surface area contributed by atoms with Crippen molar-refractivity contribution in [3.63, 3.8) is 0 Å². The summed E-state index contributed by atoms with van der Waals surface area (Å²) in [7, 11) is 3.68. The summed E-state index contributed by atoms with van der Waals surface area (Å²) >= 11 is 0. The number of aryl methyl sites for hydroxylation is 1. The van der Waals surface area contributed by atoms with Crippen LogP contribution in [-0.2, 0) is 26.2 Å². The molecule has 2 aromatic heterocycles. The molecule has 4 amide bonds. The Morgan fingerprint density at radius 2 is 1.63 bits per heavy atom. The van der Waals surface area contributed by atoms with Gasteiger partial charge in [0.2, 0.25) is 23.6 Å². The molecule has 0 saturated carbocycles. The van der Waals surface area contributed by atoms with E-state index in [1.54, 1.807) is 41.3 Å². The van der Waals surface area contributed by atoms with Gasteiger partial charge < -0.3 is 24.5 Å². The smallest absolute Gasteiger partial charge is 0.266 e. The third kappa shape index (κ3) is 8.80. The number of likely N-dealkylation sites (tertiary alicyclic amines) is 2. The van der Waals surface area contributed by atoms with Gasteiger partial charge >= 0.3 is 0 Å². The lowest BCUT2D eigenvalue weighted by Crippen LogP contribution is -2.60. The van der Waals surface area contributed by atoms with Crippen LogP contribution in [0.25, 0.3) is 11.3 Å². The van der Waals surface area contributed by atoms with Gasteiger partial charge in [0.1, 0.15) is 5.75 Å². The number of amides is 4. The summed E-state index contributed by atoms with van der Waals surface area (Å²) in [5, 5.41) is 25.8. The maximum absolute atomic E-state index is 14.6. The molecular formula is C44H53N9O6. The molecule has 0 unspecified atom stereocenters. The molecule has 1 atom stereocenters. The highest BCUT2D eigenvalue weighted by molar-refractivity contribution is 6.01. The number of hydrogen-bond acceptors (Lipinski definition) is 11. The molecule has 4 aliphatic heterocycles. The molecule has 0 bridgehead atoms. The lowest BCUT2D eigenvalue weighted by Gasteiger charge is -2.45. The zero-order valence-corrected chi connectivity index (χ0v) is 33.8. The number of rotatable bonds is 10. The van der Waals surface area contributed by atoms with Gasteiger partial charge in [-0.25, -0.2) is 0 Å². The van der Waals surface area contributed by atoms with Crippen molar-refractivity contribution in [2.75, 3.05) is 57.8 Å². The topological polar surface area (TPSA) is 166 Å². The van der Waals surface area contributed by atoms with Crippen molar-refractivity contribution in [3.05, 3.63) is 84.2 Å². The van der Waals surface area contributed by atoms with Gasteiger partial charge in [-0.3, -0.25) is 34.1 Å². The normalized spacial score (nSPS) is 20.6. The third-order valence-electron chi connectivity index (χ3n) is 12.8. The Morgan fingerprint density at radius 3 is 2.31 bits per heavy atom. The quantitative estimate of drug-likeness (QED) is 0.224. The third-order valence-corrected chi connectivity index (χ3v) is 12.8. The number of imide groups is 1. The van der Waals surface area contributed by atoms with Crippen molar-refractivity contribution >= 4 is 29.3 Å². The molecule has 4 saturated heterocycles. The largest absolute Gasteiger partial charge is 0.507 e. The number of ether oxygens (including phenoxy) is 1. The fourth-order valence-corrected chi connectivity index (χ4v) is 9.20. The molecular weight excluding hydrogens is 751 g/mol. The van der Waals surface area contributed by atoms with E-state index < -0.39 is 5.60 Å². The summed E-state index contributed by atoms with van der Waals surface area (Å²) in [4.78, 5) is 60.2. The predicted octanol–water partition coefficient (Wildman–Crippen LogP) is 3.85. The maximum atomic E-state index is 14.6. The lowest BCUT2D eigenvalue weighted by molar-refractivity contribution is -0.152. The summed E-state index contributed by atoms with van der Waals surface area (Å²) in [6.45, 7) is 4.33. The van der Waals surface area contributed by atoms with Crippen molar-refractivity contribution < 1.29 is 29.0 Å². The Hall–Kier alpha value is -5.83. The Labute approximate surface area is 344 Å². The fraction of sp³-hybridized carbons (Fsp3) is 0.477. The molecule has 15 nitrogen and oxygen atoms in total. The Bertz CT molecular complexity index is 2150. The monoisotopic (exact) mass is 803 g/mol. The van der Waals surface area contributed by atoms with Crippen LogP contribution in [0.5, 0.6) is 11.6 Å². The van der Waals surface area contributed by atoms with E-state index >= 15 is 0 Å². The maximum Gasteiger partial charge on any atom is 0.266 e. The first-order valence-electron chi connectivity index (χ1n) is 20.8.